The first kappa shape index (κ1) is 19.0. The Morgan fingerprint density at radius 2 is 1.86 bits per heavy atom. The smallest absolute Gasteiger partial charge is 0.258 e. The summed E-state index contributed by atoms with van der Waals surface area (Å²) in [7, 11) is 0. The molecule has 4 aromatic rings. The molecule has 0 fully saturated rings. The zero-order valence-electron chi connectivity index (χ0n) is 15.5. The molecule has 0 aliphatic heterocycles. The van der Waals surface area contributed by atoms with E-state index in [-0.39, 0.29) is 18.3 Å². The topological polar surface area (TPSA) is 64.1 Å². The van der Waals surface area contributed by atoms with E-state index in [2.05, 4.69) is 15.3 Å². The van der Waals surface area contributed by atoms with Gasteiger partial charge in [0.15, 0.2) is 6.61 Å². The van der Waals surface area contributed by atoms with Crippen LogP contribution in [0.2, 0.25) is 0 Å². The first-order valence-electron chi connectivity index (χ1n) is 9.12. The molecule has 4 rings (SSSR count). The normalized spacial score (nSPS) is 10.8. The molecular formula is C22H18FN3O2S. The van der Waals surface area contributed by atoms with Crippen LogP contribution in [-0.2, 0) is 11.2 Å². The molecule has 0 bridgehead atoms. The van der Waals surface area contributed by atoms with Gasteiger partial charge in [-0.05, 0) is 29.7 Å². The maximum absolute atomic E-state index is 13.3. The lowest BCUT2D eigenvalue weighted by molar-refractivity contribution is -0.123. The Bertz CT molecular complexity index is 1110. The number of nitrogens with one attached hydrogen (secondary N) is 1. The summed E-state index contributed by atoms with van der Waals surface area (Å²) in [6.45, 7) is 0.393. The molecule has 0 unspecified atom stereocenters. The Morgan fingerprint density at radius 3 is 2.66 bits per heavy atom. The molecule has 0 saturated heterocycles. The van der Waals surface area contributed by atoms with E-state index in [0.717, 1.165) is 33.3 Å². The molecule has 0 radical (unpaired) electrons. The van der Waals surface area contributed by atoms with Gasteiger partial charge < -0.3 is 10.1 Å². The minimum Gasteiger partial charge on any atom is -0.467 e. The van der Waals surface area contributed by atoms with Crippen LogP contribution in [0.15, 0.2) is 66.3 Å². The standard InChI is InChI=1S/C22H18FN3O2S/c23-17-8-6-16(7-9-17)18-13-29-22-20(18)21(25-14-26-22)28-12-19(27)24-11-10-15-4-2-1-3-5-15/h1-9,13-14H,10-12H2,(H,24,27). The zero-order chi connectivity index (χ0) is 20.1. The molecule has 1 N–H and O–H groups in total. The average molecular weight is 407 g/mol. The van der Waals surface area contributed by atoms with Gasteiger partial charge in [-0.1, -0.05) is 42.5 Å². The van der Waals surface area contributed by atoms with Crippen molar-refractivity contribution in [3.63, 3.8) is 0 Å². The monoisotopic (exact) mass is 407 g/mol. The zero-order valence-corrected chi connectivity index (χ0v) is 16.3. The summed E-state index contributed by atoms with van der Waals surface area (Å²) >= 11 is 1.45. The molecule has 1 amide bonds. The van der Waals surface area contributed by atoms with Gasteiger partial charge in [0.2, 0.25) is 5.88 Å². The van der Waals surface area contributed by atoms with Crippen LogP contribution in [0, 0.1) is 5.82 Å². The van der Waals surface area contributed by atoms with Crippen molar-refractivity contribution in [1.29, 1.82) is 0 Å². The Hall–Kier alpha value is -3.32. The number of hydrogen-bond acceptors (Lipinski definition) is 5. The van der Waals surface area contributed by atoms with Crippen molar-refractivity contribution < 1.29 is 13.9 Å². The number of thiophene rings is 1. The Kier molecular flexibility index (Phi) is 5.76. The molecule has 146 valence electrons. The van der Waals surface area contributed by atoms with Gasteiger partial charge in [-0.25, -0.2) is 14.4 Å². The number of fused-ring (bicyclic) bond motifs is 1. The summed E-state index contributed by atoms with van der Waals surface area (Å²) < 4.78 is 18.9. The van der Waals surface area contributed by atoms with Gasteiger partial charge in [0.05, 0.1) is 5.39 Å². The highest BCUT2D eigenvalue weighted by molar-refractivity contribution is 7.17. The molecule has 2 aromatic carbocycles. The van der Waals surface area contributed by atoms with E-state index in [9.17, 15) is 9.18 Å². The number of ether oxygens (including phenoxy) is 1. The second-order valence-corrected chi connectivity index (χ2v) is 7.25. The number of aromatic nitrogens is 2. The highest BCUT2D eigenvalue weighted by atomic mass is 32.1. The van der Waals surface area contributed by atoms with E-state index < -0.39 is 0 Å². The summed E-state index contributed by atoms with van der Waals surface area (Å²) in [5.41, 5.74) is 2.85. The van der Waals surface area contributed by atoms with Crippen LogP contribution < -0.4 is 10.1 Å². The second kappa shape index (κ2) is 8.79. The fraction of sp³-hybridized carbons (Fsp3) is 0.136. The highest BCUT2D eigenvalue weighted by Crippen LogP contribution is 2.37. The molecule has 29 heavy (non-hydrogen) atoms. The molecule has 0 aliphatic rings. The first-order valence-corrected chi connectivity index (χ1v) is 10.0. The third-order valence-corrected chi connectivity index (χ3v) is 5.30. The van der Waals surface area contributed by atoms with Crippen LogP contribution >= 0.6 is 11.3 Å². The molecule has 0 saturated carbocycles. The molecule has 0 atom stereocenters. The highest BCUT2D eigenvalue weighted by Gasteiger charge is 2.15. The van der Waals surface area contributed by atoms with Crippen molar-refractivity contribution in [1.82, 2.24) is 15.3 Å². The number of hydrogen-bond donors (Lipinski definition) is 1. The largest absolute Gasteiger partial charge is 0.467 e. The predicted molar refractivity (Wildman–Crippen MR) is 111 cm³/mol. The van der Waals surface area contributed by atoms with Crippen LogP contribution in [0.25, 0.3) is 21.3 Å². The van der Waals surface area contributed by atoms with Gasteiger partial charge in [0.1, 0.15) is 17.0 Å². The van der Waals surface area contributed by atoms with E-state index in [1.807, 2.05) is 35.7 Å². The minimum absolute atomic E-state index is 0.139. The van der Waals surface area contributed by atoms with Crippen LogP contribution in [0.5, 0.6) is 5.88 Å². The van der Waals surface area contributed by atoms with Crippen molar-refractivity contribution in [2.24, 2.45) is 0 Å². The van der Waals surface area contributed by atoms with Crippen molar-refractivity contribution in [3.05, 3.63) is 77.7 Å². The Balaban J connectivity index is 1.43. The van der Waals surface area contributed by atoms with Crippen molar-refractivity contribution in [2.45, 2.75) is 6.42 Å². The van der Waals surface area contributed by atoms with E-state index in [1.54, 1.807) is 12.1 Å². The lowest BCUT2D eigenvalue weighted by Crippen LogP contribution is -2.30. The van der Waals surface area contributed by atoms with Gasteiger partial charge >= 0.3 is 0 Å². The molecule has 2 aromatic heterocycles. The van der Waals surface area contributed by atoms with Crippen LogP contribution in [0.3, 0.4) is 0 Å². The van der Waals surface area contributed by atoms with E-state index in [4.69, 9.17) is 4.74 Å². The summed E-state index contributed by atoms with van der Waals surface area (Å²) in [6, 6.07) is 16.2. The third kappa shape index (κ3) is 4.57. The number of nitrogens with zero attached hydrogens (tertiary/aromatic N) is 2. The Labute approximate surface area is 171 Å². The molecule has 5 nitrogen and oxygen atoms in total. The Morgan fingerprint density at radius 1 is 1.07 bits per heavy atom. The maximum atomic E-state index is 13.3. The summed E-state index contributed by atoms with van der Waals surface area (Å²) in [5, 5.41) is 5.50. The van der Waals surface area contributed by atoms with Gasteiger partial charge in [0, 0.05) is 17.5 Å². The van der Waals surface area contributed by atoms with E-state index in [0.29, 0.717) is 12.4 Å². The number of halogens is 1. The predicted octanol–water partition coefficient (Wildman–Crippen LogP) is 4.24. The van der Waals surface area contributed by atoms with E-state index >= 15 is 0 Å². The molecule has 2 heterocycles. The molecular weight excluding hydrogens is 389 g/mol. The number of benzene rings is 2. The lowest BCUT2D eigenvalue weighted by Gasteiger charge is -2.09. The number of carbonyl (C=O) groups excluding carboxylic acids is 1. The van der Waals surface area contributed by atoms with E-state index in [1.165, 1.54) is 29.8 Å². The average Bonchev–Trinajstić information content (AvgIpc) is 3.18. The van der Waals surface area contributed by atoms with Crippen LogP contribution in [-0.4, -0.2) is 29.0 Å². The summed E-state index contributed by atoms with van der Waals surface area (Å²) in [5.74, 6) is -0.173. The quantitative estimate of drug-likeness (QED) is 0.498. The van der Waals surface area contributed by atoms with Crippen LogP contribution in [0.4, 0.5) is 4.39 Å². The van der Waals surface area contributed by atoms with Crippen molar-refractivity contribution >= 4 is 27.5 Å². The summed E-state index contributed by atoms with van der Waals surface area (Å²) in [4.78, 5) is 21.4. The fourth-order valence-electron chi connectivity index (χ4n) is 2.97. The molecule has 0 spiro atoms. The van der Waals surface area contributed by atoms with Crippen LogP contribution in [0.1, 0.15) is 5.56 Å². The number of rotatable bonds is 7. The molecule has 0 aliphatic carbocycles. The third-order valence-electron chi connectivity index (χ3n) is 4.41. The van der Waals surface area contributed by atoms with Gasteiger partial charge in [-0.15, -0.1) is 11.3 Å². The second-order valence-electron chi connectivity index (χ2n) is 6.39. The first-order chi connectivity index (χ1) is 14.2. The van der Waals surface area contributed by atoms with Gasteiger partial charge in [-0.3, -0.25) is 4.79 Å². The van der Waals surface area contributed by atoms with Crippen molar-refractivity contribution in [3.8, 4) is 17.0 Å². The molecule has 7 heteroatoms. The fourth-order valence-corrected chi connectivity index (χ4v) is 3.88. The lowest BCUT2D eigenvalue weighted by atomic mass is 10.1. The minimum atomic E-state index is -0.298. The van der Waals surface area contributed by atoms with Gasteiger partial charge in [0.25, 0.3) is 5.91 Å². The number of amides is 1. The summed E-state index contributed by atoms with van der Waals surface area (Å²) in [6.07, 6.45) is 2.17. The number of carbonyl (C=O) groups is 1. The van der Waals surface area contributed by atoms with Gasteiger partial charge in [-0.2, -0.15) is 0 Å². The van der Waals surface area contributed by atoms with Crippen molar-refractivity contribution in [2.75, 3.05) is 13.2 Å². The SMILES string of the molecule is O=C(COc1ncnc2scc(-c3ccc(F)cc3)c12)NCCc1ccccc1. The maximum Gasteiger partial charge on any atom is 0.258 e.